The molecule has 0 aliphatic heterocycles. The number of nitrogens with one attached hydrogen (secondary N) is 1. The van der Waals surface area contributed by atoms with Gasteiger partial charge < -0.3 is 10.4 Å². The molecule has 0 bridgehead atoms. The van der Waals surface area contributed by atoms with Crippen molar-refractivity contribution in [3.05, 3.63) is 40.9 Å². The van der Waals surface area contributed by atoms with Crippen LogP contribution >= 0.6 is 11.3 Å². The number of aromatic nitrogens is 1. The van der Waals surface area contributed by atoms with Gasteiger partial charge >= 0.3 is 5.97 Å². The number of carbonyl (C=O) groups is 2. The van der Waals surface area contributed by atoms with E-state index < -0.39 is 12.0 Å². The number of carbonyl (C=O) groups excluding carboxylic acids is 1. The summed E-state index contributed by atoms with van der Waals surface area (Å²) < 4.78 is 0. The lowest BCUT2D eigenvalue weighted by Gasteiger charge is -2.13. The number of hydrogen-bond acceptors (Lipinski definition) is 4. The van der Waals surface area contributed by atoms with Crippen molar-refractivity contribution in [1.82, 2.24) is 10.3 Å². The minimum Gasteiger partial charge on any atom is -0.480 e. The summed E-state index contributed by atoms with van der Waals surface area (Å²) in [5, 5.41) is 14.4. The Balaban J connectivity index is 1.97. The summed E-state index contributed by atoms with van der Waals surface area (Å²) in [6.07, 6.45) is 2.21. The highest BCUT2D eigenvalue weighted by molar-refractivity contribution is 7.13. The smallest absolute Gasteiger partial charge is 0.326 e. The minimum atomic E-state index is -0.990. The van der Waals surface area contributed by atoms with Gasteiger partial charge in [-0.1, -0.05) is 49.6 Å². The van der Waals surface area contributed by atoms with Gasteiger partial charge in [0.25, 0.3) is 0 Å². The van der Waals surface area contributed by atoms with E-state index in [1.165, 1.54) is 16.9 Å². The molecule has 2 N–H and O–H groups in total. The Kier molecular flexibility index (Phi) is 6.49. The fraction of sp³-hybridized carbons (Fsp3) is 0.389. The molecule has 1 atom stereocenters. The van der Waals surface area contributed by atoms with Crippen molar-refractivity contribution >= 4 is 23.2 Å². The van der Waals surface area contributed by atoms with Crippen LogP contribution in [0.1, 0.15) is 37.4 Å². The Morgan fingerprint density at radius 2 is 2.00 bits per heavy atom. The number of carboxylic acid groups (broad SMARTS) is 1. The summed E-state index contributed by atoms with van der Waals surface area (Å²) in [6, 6.07) is 7.22. The van der Waals surface area contributed by atoms with Crippen LogP contribution in [0.4, 0.5) is 0 Å². The van der Waals surface area contributed by atoms with Gasteiger partial charge in [-0.3, -0.25) is 4.79 Å². The monoisotopic (exact) mass is 346 g/mol. The van der Waals surface area contributed by atoms with Crippen LogP contribution in [0.2, 0.25) is 0 Å². The Morgan fingerprint density at radius 1 is 1.29 bits per heavy atom. The average molecular weight is 346 g/mol. The average Bonchev–Trinajstić information content (AvgIpc) is 3.00. The van der Waals surface area contributed by atoms with Gasteiger partial charge in [-0.25, -0.2) is 9.78 Å². The molecule has 0 spiro atoms. The van der Waals surface area contributed by atoms with Crippen LogP contribution in [-0.4, -0.2) is 28.0 Å². The standard InChI is InChI=1S/C18H22N2O3S/c1-3-4-5-15(18(22)23)20-16(21)10-14-11-24-17(19-14)13-8-6-12(2)7-9-13/h6-9,11,15H,3-5,10H2,1-2H3,(H,20,21)(H,22,23)/t15-/m0/s1. The number of benzene rings is 1. The zero-order valence-electron chi connectivity index (χ0n) is 13.9. The molecular weight excluding hydrogens is 324 g/mol. The van der Waals surface area contributed by atoms with E-state index in [2.05, 4.69) is 10.3 Å². The van der Waals surface area contributed by atoms with E-state index in [1.807, 2.05) is 43.5 Å². The predicted molar refractivity (Wildman–Crippen MR) is 95.1 cm³/mol. The normalized spacial score (nSPS) is 11.9. The third kappa shape index (κ3) is 5.16. The molecule has 0 saturated carbocycles. The first-order valence-electron chi connectivity index (χ1n) is 8.03. The molecular formula is C18H22N2O3S. The van der Waals surface area contributed by atoms with Gasteiger partial charge in [0.15, 0.2) is 0 Å². The van der Waals surface area contributed by atoms with Crippen LogP contribution in [0.3, 0.4) is 0 Å². The van der Waals surface area contributed by atoms with E-state index >= 15 is 0 Å². The van der Waals surface area contributed by atoms with E-state index in [9.17, 15) is 9.59 Å². The van der Waals surface area contributed by atoms with Crippen LogP contribution in [0.5, 0.6) is 0 Å². The highest BCUT2D eigenvalue weighted by atomic mass is 32.1. The first-order valence-corrected chi connectivity index (χ1v) is 8.91. The molecule has 2 aromatic rings. The molecule has 0 saturated heterocycles. The molecule has 1 aromatic carbocycles. The molecule has 2 rings (SSSR count). The lowest BCUT2D eigenvalue weighted by atomic mass is 10.1. The van der Waals surface area contributed by atoms with Gasteiger partial charge in [0, 0.05) is 10.9 Å². The van der Waals surface area contributed by atoms with Crippen molar-refractivity contribution in [2.45, 2.75) is 45.6 Å². The molecule has 1 aromatic heterocycles. The molecule has 24 heavy (non-hydrogen) atoms. The second-order valence-corrected chi connectivity index (χ2v) is 6.65. The van der Waals surface area contributed by atoms with E-state index in [1.54, 1.807) is 0 Å². The van der Waals surface area contributed by atoms with Gasteiger partial charge in [-0.2, -0.15) is 0 Å². The third-order valence-corrected chi connectivity index (χ3v) is 4.61. The summed E-state index contributed by atoms with van der Waals surface area (Å²) >= 11 is 1.48. The van der Waals surface area contributed by atoms with Crippen molar-refractivity contribution in [1.29, 1.82) is 0 Å². The van der Waals surface area contributed by atoms with Crippen LogP contribution in [0.15, 0.2) is 29.6 Å². The number of thiazole rings is 1. The molecule has 1 heterocycles. The van der Waals surface area contributed by atoms with Crippen molar-refractivity contribution < 1.29 is 14.7 Å². The maximum atomic E-state index is 12.1. The van der Waals surface area contributed by atoms with Gasteiger partial charge in [0.05, 0.1) is 12.1 Å². The van der Waals surface area contributed by atoms with Crippen LogP contribution in [0, 0.1) is 6.92 Å². The summed E-state index contributed by atoms with van der Waals surface area (Å²) in [5.41, 5.74) is 2.86. The van der Waals surface area contributed by atoms with E-state index in [-0.39, 0.29) is 12.3 Å². The van der Waals surface area contributed by atoms with E-state index in [0.717, 1.165) is 23.4 Å². The second kappa shape index (κ2) is 8.59. The number of unbranched alkanes of at least 4 members (excludes halogenated alkanes) is 1. The second-order valence-electron chi connectivity index (χ2n) is 5.79. The SMILES string of the molecule is CCCC[C@H](NC(=O)Cc1csc(-c2ccc(C)cc2)n1)C(=O)O. The number of nitrogens with zero attached hydrogens (tertiary/aromatic N) is 1. The minimum absolute atomic E-state index is 0.0955. The summed E-state index contributed by atoms with van der Waals surface area (Å²) in [6.45, 7) is 4.02. The Bertz CT molecular complexity index is 695. The molecule has 0 radical (unpaired) electrons. The number of aryl methyl sites for hydroxylation is 1. The van der Waals surface area contributed by atoms with Gasteiger partial charge in [0.2, 0.25) is 5.91 Å². The van der Waals surface area contributed by atoms with Crippen molar-refractivity contribution in [3.8, 4) is 10.6 Å². The molecule has 1 amide bonds. The first-order chi connectivity index (χ1) is 11.5. The molecule has 0 unspecified atom stereocenters. The van der Waals surface area contributed by atoms with Crippen LogP contribution in [-0.2, 0) is 16.0 Å². The zero-order chi connectivity index (χ0) is 17.5. The maximum absolute atomic E-state index is 12.1. The van der Waals surface area contributed by atoms with Crippen LogP contribution in [0.25, 0.3) is 10.6 Å². The number of rotatable bonds is 8. The summed E-state index contributed by atoms with van der Waals surface area (Å²) in [5.74, 6) is -1.30. The topological polar surface area (TPSA) is 79.3 Å². The Labute approximate surface area is 145 Å². The predicted octanol–water partition coefficient (Wildman–Crippen LogP) is 3.42. The Morgan fingerprint density at radius 3 is 2.62 bits per heavy atom. The van der Waals surface area contributed by atoms with Gasteiger partial charge in [-0.05, 0) is 13.3 Å². The van der Waals surface area contributed by atoms with E-state index in [0.29, 0.717) is 12.1 Å². The largest absolute Gasteiger partial charge is 0.480 e. The molecule has 6 heteroatoms. The van der Waals surface area contributed by atoms with Crippen LogP contribution < -0.4 is 5.32 Å². The fourth-order valence-electron chi connectivity index (χ4n) is 2.29. The molecule has 0 fully saturated rings. The van der Waals surface area contributed by atoms with Crippen molar-refractivity contribution in [2.75, 3.05) is 0 Å². The lowest BCUT2D eigenvalue weighted by molar-refractivity contribution is -0.142. The first kappa shape index (κ1) is 18.1. The molecule has 0 aliphatic carbocycles. The highest BCUT2D eigenvalue weighted by Crippen LogP contribution is 2.24. The number of hydrogen-bond donors (Lipinski definition) is 2. The molecule has 0 aliphatic rings. The number of carboxylic acids is 1. The Hall–Kier alpha value is -2.21. The third-order valence-electron chi connectivity index (χ3n) is 3.67. The van der Waals surface area contributed by atoms with Gasteiger partial charge in [0.1, 0.15) is 11.0 Å². The fourth-order valence-corrected chi connectivity index (χ4v) is 3.12. The van der Waals surface area contributed by atoms with Crippen molar-refractivity contribution in [2.24, 2.45) is 0 Å². The quantitative estimate of drug-likeness (QED) is 0.767. The number of aliphatic carboxylic acids is 1. The number of amides is 1. The van der Waals surface area contributed by atoms with Gasteiger partial charge in [-0.15, -0.1) is 11.3 Å². The summed E-state index contributed by atoms with van der Waals surface area (Å²) in [7, 11) is 0. The van der Waals surface area contributed by atoms with Crippen molar-refractivity contribution in [3.63, 3.8) is 0 Å². The van der Waals surface area contributed by atoms with E-state index in [4.69, 9.17) is 5.11 Å². The lowest BCUT2D eigenvalue weighted by Crippen LogP contribution is -2.41. The highest BCUT2D eigenvalue weighted by Gasteiger charge is 2.19. The summed E-state index contributed by atoms with van der Waals surface area (Å²) in [4.78, 5) is 27.7. The molecule has 128 valence electrons. The maximum Gasteiger partial charge on any atom is 0.326 e. The zero-order valence-corrected chi connectivity index (χ0v) is 14.7. The molecule has 5 nitrogen and oxygen atoms in total.